The third kappa shape index (κ3) is 1.85. The van der Waals surface area contributed by atoms with Crippen LogP contribution in [0.25, 0.3) is 11.2 Å². The van der Waals surface area contributed by atoms with E-state index in [1.54, 1.807) is 6.20 Å². The number of nitrogens with two attached hydrogens (primary N) is 1. The van der Waals surface area contributed by atoms with E-state index in [1.165, 1.54) is 0 Å². The van der Waals surface area contributed by atoms with Gasteiger partial charge in [-0.3, -0.25) is 0 Å². The second kappa shape index (κ2) is 3.62. The largest absolute Gasteiger partial charge is 0.340 e. The van der Waals surface area contributed by atoms with Crippen LogP contribution in [0.5, 0.6) is 0 Å². The minimum absolute atomic E-state index is 0.00713. The smallest absolute Gasteiger partial charge is 0.177 e. The topological polar surface area (TPSA) is 67.6 Å². The number of imidazole rings is 1. The summed E-state index contributed by atoms with van der Waals surface area (Å²) in [6.07, 6.45) is 1.79. The third-order valence-corrected chi connectivity index (χ3v) is 2.45. The minimum Gasteiger partial charge on any atom is -0.340 e. The highest BCUT2D eigenvalue weighted by atomic mass is 15.0. The van der Waals surface area contributed by atoms with Crippen LogP contribution >= 0.6 is 0 Å². The highest BCUT2D eigenvalue weighted by molar-refractivity contribution is 5.71. The van der Waals surface area contributed by atoms with E-state index in [0.29, 0.717) is 5.92 Å². The van der Waals surface area contributed by atoms with Crippen molar-refractivity contribution < 1.29 is 0 Å². The van der Waals surface area contributed by atoms with Crippen LogP contribution in [-0.4, -0.2) is 15.0 Å². The lowest BCUT2D eigenvalue weighted by atomic mass is 10.1. The van der Waals surface area contributed by atoms with Crippen LogP contribution < -0.4 is 5.73 Å². The standard InChI is InChI=1S/C11H16N4/c1-6(2)10-14-9-4-8(7(3)12)5-13-11(9)15-10/h4-7H,12H2,1-3H3,(H,13,14,15). The van der Waals surface area contributed by atoms with E-state index in [-0.39, 0.29) is 6.04 Å². The van der Waals surface area contributed by atoms with E-state index in [0.717, 1.165) is 22.6 Å². The van der Waals surface area contributed by atoms with Gasteiger partial charge in [-0.2, -0.15) is 0 Å². The van der Waals surface area contributed by atoms with E-state index < -0.39 is 0 Å². The summed E-state index contributed by atoms with van der Waals surface area (Å²) in [6, 6.07) is 2.03. The van der Waals surface area contributed by atoms with Crippen molar-refractivity contribution in [1.82, 2.24) is 15.0 Å². The predicted octanol–water partition coefficient (Wildman–Crippen LogP) is 2.10. The van der Waals surface area contributed by atoms with Crippen molar-refractivity contribution in [1.29, 1.82) is 0 Å². The maximum atomic E-state index is 5.80. The van der Waals surface area contributed by atoms with E-state index >= 15 is 0 Å². The zero-order chi connectivity index (χ0) is 11.0. The number of H-pyrrole nitrogens is 1. The fraction of sp³-hybridized carbons (Fsp3) is 0.455. The Morgan fingerprint density at radius 2 is 2.07 bits per heavy atom. The Labute approximate surface area is 88.9 Å². The van der Waals surface area contributed by atoms with Gasteiger partial charge >= 0.3 is 0 Å². The molecule has 80 valence electrons. The number of pyridine rings is 1. The number of aromatic nitrogens is 3. The van der Waals surface area contributed by atoms with Gasteiger partial charge in [0.25, 0.3) is 0 Å². The summed E-state index contributed by atoms with van der Waals surface area (Å²) in [5.74, 6) is 1.36. The molecule has 2 aromatic heterocycles. The number of rotatable bonds is 2. The Kier molecular flexibility index (Phi) is 2.44. The van der Waals surface area contributed by atoms with E-state index in [4.69, 9.17) is 5.73 Å². The maximum Gasteiger partial charge on any atom is 0.177 e. The van der Waals surface area contributed by atoms with Gasteiger partial charge in [-0.05, 0) is 18.6 Å². The van der Waals surface area contributed by atoms with Gasteiger partial charge < -0.3 is 10.7 Å². The van der Waals surface area contributed by atoms with Crippen molar-refractivity contribution >= 4 is 11.2 Å². The zero-order valence-electron chi connectivity index (χ0n) is 9.28. The molecule has 0 aliphatic rings. The second-order valence-electron chi connectivity index (χ2n) is 4.21. The van der Waals surface area contributed by atoms with Crippen LogP contribution in [-0.2, 0) is 0 Å². The first-order valence-corrected chi connectivity index (χ1v) is 5.19. The Balaban J connectivity index is 2.52. The average molecular weight is 204 g/mol. The number of nitrogens with one attached hydrogen (secondary N) is 1. The molecule has 1 unspecified atom stereocenters. The Bertz CT molecular complexity index is 464. The number of aromatic amines is 1. The monoisotopic (exact) mass is 204 g/mol. The molecule has 1 atom stereocenters. The van der Waals surface area contributed by atoms with Gasteiger partial charge in [0.05, 0.1) is 5.52 Å². The van der Waals surface area contributed by atoms with Crippen molar-refractivity contribution in [3.63, 3.8) is 0 Å². The molecule has 4 heteroatoms. The summed E-state index contributed by atoms with van der Waals surface area (Å²) in [4.78, 5) is 11.9. The molecule has 15 heavy (non-hydrogen) atoms. The molecule has 0 fully saturated rings. The fourth-order valence-corrected chi connectivity index (χ4v) is 1.46. The molecule has 0 aliphatic heterocycles. The molecular formula is C11H16N4. The van der Waals surface area contributed by atoms with Crippen molar-refractivity contribution in [2.75, 3.05) is 0 Å². The first-order valence-electron chi connectivity index (χ1n) is 5.19. The highest BCUT2D eigenvalue weighted by Gasteiger charge is 2.08. The molecule has 4 nitrogen and oxygen atoms in total. The van der Waals surface area contributed by atoms with Gasteiger partial charge in [-0.25, -0.2) is 9.97 Å². The van der Waals surface area contributed by atoms with Crippen LogP contribution in [0.1, 0.15) is 44.1 Å². The van der Waals surface area contributed by atoms with Crippen LogP contribution in [0.2, 0.25) is 0 Å². The van der Waals surface area contributed by atoms with Crippen LogP contribution in [0.4, 0.5) is 0 Å². The Hall–Kier alpha value is -1.42. The Morgan fingerprint density at radius 3 is 2.67 bits per heavy atom. The molecule has 0 amide bonds. The summed E-state index contributed by atoms with van der Waals surface area (Å²) >= 11 is 0. The van der Waals surface area contributed by atoms with E-state index in [9.17, 15) is 0 Å². The Morgan fingerprint density at radius 1 is 1.33 bits per heavy atom. The lowest BCUT2D eigenvalue weighted by Gasteiger charge is -2.02. The molecule has 0 saturated carbocycles. The third-order valence-electron chi connectivity index (χ3n) is 2.45. The maximum absolute atomic E-state index is 5.80. The molecular weight excluding hydrogens is 188 g/mol. The lowest BCUT2D eigenvalue weighted by molar-refractivity contribution is 0.798. The molecule has 2 aromatic rings. The SMILES string of the molecule is CC(C)c1nc2ncc(C(C)N)cc2[nH]1. The van der Waals surface area contributed by atoms with Crippen molar-refractivity contribution in [3.8, 4) is 0 Å². The van der Waals surface area contributed by atoms with Gasteiger partial charge in [0.1, 0.15) is 5.82 Å². The molecule has 0 radical (unpaired) electrons. The summed E-state index contributed by atoms with van der Waals surface area (Å²) in [5, 5.41) is 0. The molecule has 3 N–H and O–H groups in total. The van der Waals surface area contributed by atoms with Crippen molar-refractivity contribution in [3.05, 3.63) is 23.7 Å². The summed E-state index contributed by atoms with van der Waals surface area (Å²) in [5.41, 5.74) is 8.56. The van der Waals surface area contributed by atoms with Gasteiger partial charge in [0.2, 0.25) is 0 Å². The van der Waals surface area contributed by atoms with Gasteiger partial charge in [0.15, 0.2) is 5.65 Å². The summed E-state index contributed by atoms with van der Waals surface area (Å²) in [6.45, 7) is 6.15. The van der Waals surface area contributed by atoms with Gasteiger partial charge in [0, 0.05) is 18.2 Å². The van der Waals surface area contributed by atoms with Gasteiger partial charge in [-0.1, -0.05) is 13.8 Å². The van der Waals surface area contributed by atoms with Crippen LogP contribution in [0.15, 0.2) is 12.3 Å². The molecule has 0 aromatic carbocycles. The number of fused-ring (bicyclic) bond motifs is 1. The van der Waals surface area contributed by atoms with Crippen LogP contribution in [0, 0.1) is 0 Å². The molecule has 0 spiro atoms. The number of nitrogens with zero attached hydrogens (tertiary/aromatic N) is 2. The van der Waals surface area contributed by atoms with Crippen LogP contribution in [0.3, 0.4) is 0 Å². The minimum atomic E-state index is 0.00713. The second-order valence-corrected chi connectivity index (χ2v) is 4.21. The van der Waals surface area contributed by atoms with Crippen molar-refractivity contribution in [2.45, 2.75) is 32.7 Å². The quantitative estimate of drug-likeness (QED) is 0.787. The normalized spacial score (nSPS) is 13.7. The van der Waals surface area contributed by atoms with Gasteiger partial charge in [-0.15, -0.1) is 0 Å². The first-order chi connectivity index (χ1) is 7.08. The molecule has 0 saturated heterocycles. The highest BCUT2D eigenvalue weighted by Crippen LogP contribution is 2.18. The number of hydrogen-bond acceptors (Lipinski definition) is 3. The first kappa shape index (κ1) is 10.1. The van der Waals surface area contributed by atoms with E-state index in [1.807, 2.05) is 13.0 Å². The van der Waals surface area contributed by atoms with Crippen molar-refractivity contribution in [2.24, 2.45) is 5.73 Å². The molecule has 0 bridgehead atoms. The molecule has 2 heterocycles. The zero-order valence-corrected chi connectivity index (χ0v) is 9.28. The fourth-order valence-electron chi connectivity index (χ4n) is 1.46. The predicted molar refractivity (Wildman–Crippen MR) is 60.6 cm³/mol. The van der Waals surface area contributed by atoms with E-state index in [2.05, 4.69) is 28.8 Å². The summed E-state index contributed by atoms with van der Waals surface area (Å²) in [7, 11) is 0. The lowest BCUT2D eigenvalue weighted by Crippen LogP contribution is -2.04. The summed E-state index contributed by atoms with van der Waals surface area (Å²) < 4.78 is 0. The number of hydrogen-bond donors (Lipinski definition) is 2. The molecule has 2 rings (SSSR count). The average Bonchev–Trinajstić information content (AvgIpc) is 2.59. The molecule has 0 aliphatic carbocycles.